The number of carboxylic acid groups (broad SMARTS) is 2. The molecule has 4 rings (SSSR count). The van der Waals surface area contributed by atoms with Crippen molar-refractivity contribution in [2.24, 2.45) is 52.9 Å². The number of carbonyl (C=O) groups is 20. The van der Waals surface area contributed by atoms with Gasteiger partial charge in [-0.15, -0.1) is 0 Å². The van der Waals surface area contributed by atoms with E-state index >= 15 is 0 Å². The second-order valence-corrected chi connectivity index (χ2v) is 36.8. The molecule has 0 bridgehead atoms. The smallest absolute Gasteiger partial charge is 0.326 e. The molecule has 1 aromatic carbocycles. The van der Waals surface area contributed by atoms with Crippen LogP contribution in [-0.4, -0.2) is 297 Å². The fourth-order valence-electron chi connectivity index (χ4n) is 15.6. The normalized spacial score (nSPS) is 18.2. The number of amides is 18. The average Bonchev–Trinajstić information content (AvgIpc) is 1.69. The van der Waals surface area contributed by atoms with Crippen LogP contribution in [0.5, 0.6) is 0 Å². The van der Waals surface area contributed by atoms with Crippen LogP contribution in [0.15, 0.2) is 30.3 Å². The van der Waals surface area contributed by atoms with Crippen LogP contribution in [0.25, 0.3) is 0 Å². The van der Waals surface area contributed by atoms with Crippen molar-refractivity contribution in [1.29, 1.82) is 0 Å². The van der Waals surface area contributed by atoms with E-state index in [0.717, 1.165) is 13.3 Å². The monoisotopic (exact) mass is 1880 g/mol. The molecule has 3 fully saturated rings. The van der Waals surface area contributed by atoms with E-state index in [-0.39, 0.29) is 81.8 Å². The van der Waals surface area contributed by atoms with Crippen LogP contribution in [0.2, 0.25) is 0 Å². The van der Waals surface area contributed by atoms with Crippen molar-refractivity contribution in [2.75, 3.05) is 45.9 Å². The van der Waals surface area contributed by atoms with Crippen LogP contribution in [0, 0.1) is 41.4 Å². The maximum atomic E-state index is 14.7. The molecule has 0 radical (unpaired) electrons. The van der Waals surface area contributed by atoms with Gasteiger partial charge in [0.15, 0.2) is 0 Å². The Bertz CT molecular complexity index is 4150. The SMILES string of the molecule is CC[C@H](C)[C@H](NC(=O)[C@H](CC(N)=O)NC(=O)CNC(=O)[C@H](CO)NC(=O)[C@@H](NC(=O)[C@@H](NC(=O)[C@H](Cc1ccccc1)NC(=O)[C@H](CCC(=O)O)NC(=O)[C@H](CCCCN)NC(=O)[C@H](CC(C)C)NC(=O)[C@H](CC(C)C)NC(=O)[C@@H](NC(=O)CNC(=O)[C@@H]1CCCN1C(=O)[C@@H](NC(=O)[C@@H]1CCCN1C(=O)[C@H](CC(C)C)NC(=O)[C@@H]1CCCN1)C(C)C)C(C)C)[C@@H](C)O)C(C)C)C(=O)O. The maximum absolute atomic E-state index is 14.7. The zero-order valence-corrected chi connectivity index (χ0v) is 79.2. The molecule has 133 heavy (non-hydrogen) atoms. The first-order chi connectivity index (χ1) is 62.5. The van der Waals surface area contributed by atoms with E-state index in [1.165, 1.54) is 23.6 Å². The minimum absolute atomic E-state index is 0.00409. The van der Waals surface area contributed by atoms with Crippen LogP contribution < -0.4 is 96.5 Å². The summed E-state index contributed by atoms with van der Waals surface area (Å²) in [6.07, 6.45) is -0.390. The molecule has 3 heterocycles. The summed E-state index contributed by atoms with van der Waals surface area (Å²) in [6, 6.07) is -14.0. The van der Waals surface area contributed by atoms with Gasteiger partial charge in [-0.2, -0.15) is 0 Å². The Morgan fingerprint density at radius 1 is 0.436 bits per heavy atom. The van der Waals surface area contributed by atoms with Crippen molar-refractivity contribution in [2.45, 2.75) is 316 Å². The first-order valence-corrected chi connectivity index (χ1v) is 46.1. The third kappa shape index (κ3) is 37.8. The molecule has 18 amide bonds. The van der Waals surface area contributed by atoms with Crippen molar-refractivity contribution in [3.8, 4) is 0 Å². The molecule has 44 heteroatoms. The number of primary amides is 1. The van der Waals surface area contributed by atoms with Gasteiger partial charge in [-0.3, -0.25) is 91.1 Å². The van der Waals surface area contributed by atoms with E-state index in [1.54, 1.807) is 99.6 Å². The Labute approximate surface area is 776 Å². The average molecular weight is 1880 g/mol. The number of likely N-dealkylation sites (tertiary alicyclic amines) is 2. The van der Waals surface area contributed by atoms with Gasteiger partial charge in [0.05, 0.1) is 38.3 Å². The number of unbranched alkanes of at least 4 members (excludes halogenated alkanes) is 1. The molecule has 0 spiro atoms. The van der Waals surface area contributed by atoms with E-state index in [9.17, 15) is 116 Å². The summed E-state index contributed by atoms with van der Waals surface area (Å²) in [7, 11) is 0. The van der Waals surface area contributed by atoms with Crippen molar-refractivity contribution < 1.29 is 116 Å². The zero-order valence-electron chi connectivity index (χ0n) is 79.2. The molecule has 3 aliphatic rings. The third-order valence-electron chi connectivity index (χ3n) is 23.1. The largest absolute Gasteiger partial charge is 0.481 e. The Balaban J connectivity index is 1.49. The molecule has 18 atom stereocenters. The van der Waals surface area contributed by atoms with E-state index in [0.29, 0.717) is 57.1 Å². The number of nitrogens with two attached hydrogens (primary N) is 2. The van der Waals surface area contributed by atoms with Crippen LogP contribution in [0.4, 0.5) is 0 Å². The number of carbonyl (C=O) groups excluding carboxylic acids is 18. The van der Waals surface area contributed by atoms with E-state index in [2.05, 4.69) is 85.1 Å². The molecule has 0 saturated carbocycles. The molecule has 0 aromatic heterocycles. The van der Waals surface area contributed by atoms with Gasteiger partial charge >= 0.3 is 11.9 Å². The molecule has 24 N–H and O–H groups in total. The fourth-order valence-corrected chi connectivity index (χ4v) is 15.6. The summed E-state index contributed by atoms with van der Waals surface area (Å²) in [5.74, 6) is -21.8. The highest BCUT2D eigenvalue weighted by molar-refractivity contribution is 6.02. The standard InChI is InChI=1S/C89H146N20O24/c1-16-51(14)72(89(132)133)106-81(124)60(41-65(91)112)95-66(113)42-93-74(117)62(44-110)102-85(128)70(49(10)11)104-86(129)73(52(15)111)107-80(123)59(40-53-25-18-17-19-26-53)99-77(120)56(31-32-68(115)116)97-76(119)55(27-20-21-33-90)96-78(121)57(37-45(2)3)98-79(122)58(38-46(4)5)100-84(127)69(48(8)9)103-67(114)43-94-82(125)63-29-23-36-109(63)88(131)71(50(12)13)105-83(126)64-30-24-35-108(64)87(130)61(39-47(6)7)101-75(118)54-28-22-34-92-54/h17-19,25-26,45-52,54-64,69-73,92,110-111H,16,20-24,27-44,90H2,1-15H3,(H2,91,112)(H,93,117)(H,94,125)(H,95,113)(H,96,121)(H,97,119)(H,98,122)(H,99,120)(H,100,127)(H,101,118)(H,102,128)(H,103,114)(H,104,129)(H,105,126)(H,106,124)(H,107,123)(H,115,116)(H,132,133)/t51-,52+,54-,55-,56-,57-,58-,59-,60-,61-,62-,63-,64-,69-,70-,71-,72-,73-/m0/s1. The van der Waals surface area contributed by atoms with Crippen LogP contribution >= 0.6 is 0 Å². The van der Waals surface area contributed by atoms with Crippen LogP contribution in [0.3, 0.4) is 0 Å². The lowest BCUT2D eigenvalue weighted by Gasteiger charge is -2.33. The summed E-state index contributed by atoms with van der Waals surface area (Å²) in [5.41, 5.74) is 11.6. The molecule has 1 aromatic rings. The van der Waals surface area contributed by atoms with Gasteiger partial charge in [0, 0.05) is 25.9 Å². The molecule has 0 unspecified atom stereocenters. The van der Waals surface area contributed by atoms with Crippen molar-refractivity contribution in [1.82, 2.24) is 94.9 Å². The first kappa shape index (κ1) is 114. The molecule has 44 nitrogen and oxygen atoms in total. The second kappa shape index (κ2) is 56.5. The minimum Gasteiger partial charge on any atom is -0.481 e. The number of aliphatic hydroxyl groups is 2. The topological polar surface area (TPSA) is 673 Å². The fraction of sp³-hybridized carbons (Fsp3) is 0.708. The maximum Gasteiger partial charge on any atom is 0.326 e. The van der Waals surface area contributed by atoms with Crippen molar-refractivity contribution in [3.05, 3.63) is 35.9 Å². The van der Waals surface area contributed by atoms with Crippen molar-refractivity contribution >= 4 is 118 Å². The number of benzene rings is 1. The van der Waals surface area contributed by atoms with Gasteiger partial charge in [-0.25, -0.2) is 4.79 Å². The van der Waals surface area contributed by atoms with Gasteiger partial charge < -0.3 is 127 Å². The van der Waals surface area contributed by atoms with E-state index < -0.39 is 278 Å². The lowest BCUT2D eigenvalue weighted by molar-refractivity contribution is -0.145. The predicted octanol–water partition coefficient (Wildman–Crippen LogP) is -4.02. The lowest BCUT2D eigenvalue weighted by atomic mass is 9.98. The van der Waals surface area contributed by atoms with E-state index in [4.69, 9.17) is 11.5 Å². The Hall–Kier alpha value is -11.5. The first-order valence-electron chi connectivity index (χ1n) is 46.1. The number of aliphatic carboxylic acids is 2. The number of hydrogen-bond donors (Lipinski definition) is 22. The third-order valence-corrected chi connectivity index (χ3v) is 23.1. The van der Waals surface area contributed by atoms with Gasteiger partial charge in [-0.05, 0) is 150 Å². The van der Waals surface area contributed by atoms with Gasteiger partial charge in [-0.1, -0.05) is 134 Å². The molecule has 0 aliphatic carbocycles. The number of rotatable bonds is 57. The zero-order chi connectivity index (χ0) is 100.0. The highest BCUT2D eigenvalue weighted by Gasteiger charge is 2.45. The minimum atomic E-state index is -1.93. The number of hydrogen-bond acceptors (Lipinski definition) is 24. The summed E-state index contributed by atoms with van der Waals surface area (Å²) in [4.78, 5) is 278. The Morgan fingerprint density at radius 3 is 1.38 bits per heavy atom. The number of nitrogens with one attached hydrogen (secondary N) is 16. The molecular formula is C89H146N20O24. The van der Waals surface area contributed by atoms with Crippen LogP contribution in [-0.2, 0) is 102 Å². The number of carboxylic acids is 2. The quantitative estimate of drug-likeness (QED) is 0.0276. The van der Waals surface area contributed by atoms with Gasteiger partial charge in [0.25, 0.3) is 0 Å². The van der Waals surface area contributed by atoms with Crippen LogP contribution in [0.1, 0.15) is 212 Å². The Kier molecular flexibility index (Phi) is 48.3. The number of aliphatic hydroxyl groups excluding tert-OH is 2. The summed E-state index contributed by atoms with van der Waals surface area (Å²) in [5, 5.41) is 81.9. The van der Waals surface area contributed by atoms with Crippen molar-refractivity contribution in [3.63, 3.8) is 0 Å². The number of nitrogens with zero attached hydrogens (tertiary/aromatic N) is 2. The second-order valence-electron chi connectivity index (χ2n) is 36.8. The molecular weight excluding hydrogens is 1730 g/mol. The van der Waals surface area contributed by atoms with Gasteiger partial charge in [0.1, 0.15) is 90.6 Å². The highest BCUT2D eigenvalue weighted by Crippen LogP contribution is 2.26. The lowest BCUT2D eigenvalue weighted by Crippen LogP contribution is -2.63. The molecule has 3 aliphatic heterocycles. The van der Waals surface area contributed by atoms with E-state index in [1.807, 2.05) is 13.8 Å². The highest BCUT2D eigenvalue weighted by atomic mass is 16.4. The predicted molar refractivity (Wildman–Crippen MR) is 484 cm³/mol. The Morgan fingerprint density at radius 2 is 0.887 bits per heavy atom. The summed E-state index contributed by atoms with van der Waals surface area (Å²) in [6.45, 7) is 23.4. The van der Waals surface area contributed by atoms with Gasteiger partial charge in [0.2, 0.25) is 106 Å². The molecule has 3 saturated heterocycles. The summed E-state index contributed by atoms with van der Waals surface area (Å²) < 4.78 is 0. The summed E-state index contributed by atoms with van der Waals surface area (Å²) >= 11 is 0. The molecule has 746 valence electrons.